The molecule has 0 unspecified atom stereocenters. The molecule has 2 heteroatoms. The Hall–Kier alpha value is -9.18. The lowest BCUT2D eigenvalue weighted by molar-refractivity contribution is 1.08. The number of thiophene rings is 2. The number of allylic oxidation sites excluding steroid dienone is 8. The fourth-order valence-electron chi connectivity index (χ4n) is 14.0. The van der Waals surface area contributed by atoms with Gasteiger partial charge in [-0.25, -0.2) is 0 Å². The molecular formula is C78H50S2. The van der Waals surface area contributed by atoms with Gasteiger partial charge < -0.3 is 0 Å². The molecule has 0 radical (unpaired) electrons. The molecule has 0 amide bonds. The largest absolute Gasteiger partial charge is 0.135 e. The van der Waals surface area contributed by atoms with Crippen molar-refractivity contribution >= 4 is 150 Å². The number of hydrogen-bond donors (Lipinski definition) is 0. The predicted molar refractivity (Wildman–Crippen MR) is 351 cm³/mol. The van der Waals surface area contributed by atoms with Gasteiger partial charge in [0.2, 0.25) is 0 Å². The highest BCUT2D eigenvalue weighted by Gasteiger charge is 2.23. The van der Waals surface area contributed by atoms with E-state index in [1.165, 1.54) is 172 Å². The van der Waals surface area contributed by atoms with Crippen molar-refractivity contribution in [2.24, 2.45) is 0 Å². The summed E-state index contributed by atoms with van der Waals surface area (Å²) in [5.74, 6) is 0. The SMILES string of the molecule is C1=C(c2ccc3c(c2)sc2ccc4c(ccc5sc6cc(C7=CC=C(c8c9ccccc9c(-c9ccc%10ccccc%10c9)c9ccccc89)CC7)ccc6c54)c23)CCC(c2c3ccccc3c(-c3ccccc3)c3ccccc23)=C1. The summed E-state index contributed by atoms with van der Waals surface area (Å²) in [7, 11) is 0. The van der Waals surface area contributed by atoms with Crippen molar-refractivity contribution in [2.75, 3.05) is 0 Å². The molecule has 0 bridgehead atoms. The van der Waals surface area contributed by atoms with E-state index in [4.69, 9.17) is 0 Å². The summed E-state index contributed by atoms with van der Waals surface area (Å²) in [6.45, 7) is 0. The molecule has 15 aromatic rings. The van der Waals surface area contributed by atoms with E-state index in [-0.39, 0.29) is 0 Å². The van der Waals surface area contributed by atoms with Gasteiger partial charge in [-0.1, -0.05) is 224 Å². The summed E-state index contributed by atoms with van der Waals surface area (Å²) in [5, 5.41) is 21.2. The average molecular weight is 1050 g/mol. The maximum atomic E-state index is 2.46. The molecule has 0 atom stereocenters. The van der Waals surface area contributed by atoms with Crippen molar-refractivity contribution in [3.63, 3.8) is 0 Å². The topological polar surface area (TPSA) is 0 Å². The van der Waals surface area contributed by atoms with Gasteiger partial charge in [-0.15, -0.1) is 22.7 Å². The minimum absolute atomic E-state index is 0.992. The smallest absolute Gasteiger partial charge is 0.0361 e. The van der Waals surface area contributed by atoms with Crippen LogP contribution in [0.1, 0.15) is 47.9 Å². The van der Waals surface area contributed by atoms with Gasteiger partial charge in [0, 0.05) is 40.3 Å². The molecule has 0 saturated carbocycles. The van der Waals surface area contributed by atoms with Crippen LogP contribution < -0.4 is 0 Å². The third kappa shape index (κ3) is 7.12. The van der Waals surface area contributed by atoms with Gasteiger partial charge in [0.15, 0.2) is 0 Å². The van der Waals surface area contributed by atoms with E-state index in [9.17, 15) is 0 Å². The molecule has 374 valence electrons. The second-order valence-electron chi connectivity index (χ2n) is 22.0. The van der Waals surface area contributed by atoms with Gasteiger partial charge >= 0.3 is 0 Å². The normalized spacial score (nSPS) is 14.1. The summed E-state index contributed by atoms with van der Waals surface area (Å²) in [5.41, 5.74) is 16.2. The van der Waals surface area contributed by atoms with Crippen LogP contribution in [-0.4, -0.2) is 0 Å². The third-order valence-corrected chi connectivity index (χ3v) is 19.9. The zero-order valence-corrected chi connectivity index (χ0v) is 45.5. The fraction of sp³-hybridized carbons (Fsp3) is 0.0513. The molecule has 13 aromatic carbocycles. The first-order valence-corrected chi connectivity index (χ1v) is 29.8. The highest BCUT2D eigenvalue weighted by molar-refractivity contribution is 7.26. The lowest BCUT2D eigenvalue weighted by Crippen LogP contribution is -1.97. The zero-order chi connectivity index (χ0) is 52.4. The third-order valence-electron chi connectivity index (χ3n) is 17.7. The Labute approximate surface area is 471 Å². The van der Waals surface area contributed by atoms with E-state index in [1.54, 1.807) is 0 Å². The van der Waals surface area contributed by atoms with E-state index < -0.39 is 0 Å². The van der Waals surface area contributed by atoms with E-state index in [1.807, 2.05) is 22.7 Å². The van der Waals surface area contributed by atoms with Gasteiger partial charge in [-0.05, 0) is 187 Å². The maximum absolute atomic E-state index is 2.46. The van der Waals surface area contributed by atoms with Gasteiger partial charge in [0.1, 0.15) is 0 Å². The second-order valence-corrected chi connectivity index (χ2v) is 24.1. The maximum Gasteiger partial charge on any atom is 0.0361 e. The first-order valence-electron chi connectivity index (χ1n) is 28.1. The van der Waals surface area contributed by atoms with E-state index in [0.717, 1.165) is 25.7 Å². The first-order chi connectivity index (χ1) is 39.7. The van der Waals surface area contributed by atoms with Crippen molar-refractivity contribution < 1.29 is 0 Å². The summed E-state index contributed by atoms with van der Waals surface area (Å²) in [6, 6.07) is 86.7. The first kappa shape index (κ1) is 45.8. The molecular weight excluding hydrogens is 1000 g/mol. The number of hydrogen-bond acceptors (Lipinski definition) is 2. The lowest BCUT2D eigenvalue weighted by Gasteiger charge is -2.21. The van der Waals surface area contributed by atoms with Crippen LogP contribution in [0.15, 0.2) is 255 Å². The summed E-state index contributed by atoms with van der Waals surface area (Å²) >= 11 is 3.86. The fourth-order valence-corrected chi connectivity index (χ4v) is 16.4. The number of fused-ring (bicyclic) bond motifs is 14. The Morgan fingerprint density at radius 3 is 1.02 bits per heavy atom. The van der Waals surface area contributed by atoms with Crippen LogP contribution in [0.25, 0.3) is 150 Å². The van der Waals surface area contributed by atoms with Crippen LogP contribution in [0.5, 0.6) is 0 Å². The van der Waals surface area contributed by atoms with E-state index in [0.29, 0.717) is 0 Å². The lowest BCUT2D eigenvalue weighted by atomic mass is 9.82. The van der Waals surface area contributed by atoms with Gasteiger partial charge in [0.05, 0.1) is 0 Å². The van der Waals surface area contributed by atoms with Crippen molar-refractivity contribution in [2.45, 2.75) is 25.7 Å². The minimum Gasteiger partial charge on any atom is -0.135 e. The van der Waals surface area contributed by atoms with Crippen molar-refractivity contribution in [3.05, 3.63) is 277 Å². The van der Waals surface area contributed by atoms with Crippen molar-refractivity contribution in [1.29, 1.82) is 0 Å². The van der Waals surface area contributed by atoms with Gasteiger partial charge in [-0.3, -0.25) is 0 Å². The molecule has 17 rings (SSSR count). The summed E-state index contributed by atoms with van der Waals surface area (Å²) in [6.07, 6.45) is 13.6. The summed E-state index contributed by atoms with van der Waals surface area (Å²) < 4.78 is 5.40. The Balaban J connectivity index is 0.702. The van der Waals surface area contributed by atoms with Crippen LogP contribution >= 0.6 is 22.7 Å². The molecule has 0 N–H and O–H groups in total. The van der Waals surface area contributed by atoms with Crippen molar-refractivity contribution in [3.8, 4) is 22.3 Å². The molecule has 0 nitrogen and oxygen atoms in total. The Morgan fingerprint density at radius 1 is 0.212 bits per heavy atom. The monoisotopic (exact) mass is 1050 g/mol. The predicted octanol–water partition coefficient (Wildman–Crippen LogP) is 23.2. The highest BCUT2D eigenvalue weighted by Crippen LogP contribution is 2.49. The minimum atomic E-state index is 0.992. The molecule has 0 saturated heterocycles. The molecule has 0 aliphatic heterocycles. The highest BCUT2D eigenvalue weighted by atomic mass is 32.1. The summed E-state index contributed by atoms with van der Waals surface area (Å²) in [4.78, 5) is 0. The molecule has 2 aromatic heterocycles. The molecule has 80 heavy (non-hydrogen) atoms. The van der Waals surface area contributed by atoms with Crippen LogP contribution in [0.2, 0.25) is 0 Å². The van der Waals surface area contributed by atoms with Crippen molar-refractivity contribution in [1.82, 2.24) is 0 Å². The average Bonchev–Trinajstić information content (AvgIpc) is 4.24. The zero-order valence-electron chi connectivity index (χ0n) is 43.9. The van der Waals surface area contributed by atoms with Gasteiger partial charge in [0.25, 0.3) is 0 Å². The second kappa shape index (κ2) is 18.2. The molecule has 2 aliphatic carbocycles. The van der Waals surface area contributed by atoms with E-state index in [2.05, 4.69) is 255 Å². The quantitative estimate of drug-likeness (QED) is 0.146. The van der Waals surface area contributed by atoms with Gasteiger partial charge in [-0.2, -0.15) is 0 Å². The molecule has 0 fully saturated rings. The Kier molecular flexibility index (Phi) is 10.4. The Morgan fingerprint density at radius 2 is 0.575 bits per heavy atom. The van der Waals surface area contributed by atoms with Crippen LogP contribution in [0, 0.1) is 0 Å². The van der Waals surface area contributed by atoms with Crippen LogP contribution in [-0.2, 0) is 0 Å². The molecule has 2 heterocycles. The van der Waals surface area contributed by atoms with E-state index >= 15 is 0 Å². The number of benzene rings is 13. The standard InChI is InChI=1S/C78H50S2/c1-2-15-50(16-3-1)73-57-18-6-8-20-59(57)74(60-21-9-7-19-58(60)73)51-31-26-48(27-32-51)54-36-38-67-71(45-54)79-69-42-40-66-65(77(67)69)41-43-70-78(66)68-39-37-55(46-72(68)80-70)49-28-33-52(34-29-49)75-61-22-10-12-24-63(61)76(64-25-13-11-23-62(64)75)56-35-30-47-14-4-5-17-53(47)44-56/h1-26,28,30-31,33,35-46H,27,29,32,34H2. The molecule has 2 aliphatic rings. The molecule has 0 spiro atoms. The Bertz CT molecular complexity index is 5170. The van der Waals surface area contributed by atoms with Crippen LogP contribution in [0.4, 0.5) is 0 Å². The number of rotatable bonds is 6. The van der Waals surface area contributed by atoms with Crippen LogP contribution in [0.3, 0.4) is 0 Å².